The maximum atomic E-state index is 12.8. The van der Waals surface area contributed by atoms with Crippen LogP contribution in [0, 0.1) is 0 Å². The van der Waals surface area contributed by atoms with Gasteiger partial charge in [0, 0.05) is 19.3 Å². The van der Waals surface area contributed by atoms with Gasteiger partial charge < -0.3 is 14.2 Å². The van der Waals surface area contributed by atoms with Gasteiger partial charge in [0.1, 0.15) is 13.2 Å². The van der Waals surface area contributed by atoms with Gasteiger partial charge in [-0.25, -0.2) is 0 Å². The first-order valence-electron chi connectivity index (χ1n) is 28.2. The molecule has 0 radical (unpaired) electrons. The van der Waals surface area contributed by atoms with E-state index in [2.05, 4.69) is 154 Å². The highest BCUT2D eigenvalue weighted by atomic mass is 16.6. The fourth-order valence-electron chi connectivity index (χ4n) is 7.12. The molecule has 0 aromatic rings. The zero-order valence-corrected chi connectivity index (χ0v) is 45.0. The molecule has 0 fully saturated rings. The largest absolute Gasteiger partial charge is 0.462 e. The molecule has 70 heavy (non-hydrogen) atoms. The van der Waals surface area contributed by atoms with E-state index >= 15 is 0 Å². The zero-order valence-electron chi connectivity index (χ0n) is 45.0. The number of hydrogen-bond acceptors (Lipinski definition) is 6. The zero-order chi connectivity index (χ0) is 50.7. The number of carbonyl (C=O) groups excluding carboxylic acids is 3. The Bertz CT molecular complexity index is 1530. The molecule has 0 N–H and O–H groups in total. The maximum Gasteiger partial charge on any atom is 0.306 e. The number of hydrogen-bond donors (Lipinski definition) is 0. The third-order valence-corrected chi connectivity index (χ3v) is 11.4. The quantitative estimate of drug-likeness (QED) is 0.0262. The molecule has 6 nitrogen and oxygen atoms in total. The van der Waals surface area contributed by atoms with E-state index in [4.69, 9.17) is 14.2 Å². The van der Waals surface area contributed by atoms with Crippen LogP contribution in [0.1, 0.15) is 233 Å². The summed E-state index contributed by atoms with van der Waals surface area (Å²) in [7, 11) is 0. The van der Waals surface area contributed by atoms with Crippen molar-refractivity contribution in [2.75, 3.05) is 13.2 Å². The van der Waals surface area contributed by atoms with Gasteiger partial charge in [0.25, 0.3) is 0 Å². The normalized spacial score (nSPS) is 13.1. The minimum Gasteiger partial charge on any atom is -0.462 e. The second-order valence-electron chi connectivity index (χ2n) is 18.1. The van der Waals surface area contributed by atoms with Crippen LogP contribution in [-0.4, -0.2) is 37.2 Å². The molecule has 0 amide bonds. The summed E-state index contributed by atoms with van der Waals surface area (Å²) in [6.07, 6.45) is 80.1. The first-order valence-corrected chi connectivity index (χ1v) is 28.2. The Balaban J connectivity index is 4.53. The summed E-state index contributed by atoms with van der Waals surface area (Å²) in [5.74, 6) is -1.01. The maximum absolute atomic E-state index is 12.8. The van der Waals surface area contributed by atoms with Crippen molar-refractivity contribution >= 4 is 17.9 Å². The number of unbranched alkanes of at least 4 members (excludes halogenated alkanes) is 16. The lowest BCUT2D eigenvalue weighted by Crippen LogP contribution is -2.30. The van der Waals surface area contributed by atoms with E-state index in [0.29, 0.717) is 19.3 Å². The lowest BCUT2D eigenvalue weighted by molar-refractivity contribution is -0.167. The number of allylic oxidation sites excluding steroid dienone is 22. The minimum atomic E-state index is -0.820. The highest BCUT2D eigenvalue weighted by molar-refractivity contribution is 5.71. The molecule has 6 heteroatoms. The summed E-state index contributed by atoms with van der Waals surface area (Å²) in [5, 5.41) is 0. The molecule has 394 valence electrons. The molecule has 0 aromatic heterocycles. The van der Waals surface area contributed by atoms with E-state index in [1.54, 1.807) is 0 Å². The molecular formula is C64H102O6. The highest BCUT2D eigenvalue weighted by Gasteiger charge is 2.19. The van der Waals surface area contributed by atoms with Crippen LogP contribution in [0.25, 0.3) is 0 Å². The van der Waals surface area contributed by atoms with Crippen molar-refractivity contribution in [2.24, 2.45) is 0 Å². The topological polar surface area (TPSA) is 78.9 Å². The minimum absolute atomic E-state index is 0.114. The van der Waals surface area contributed by atoms with Gasteiger partial charge in [-0.15, -0.1) is 0 Å². The van der Waals surface area contributed by atoms with Crippen molar-refractivity contribution in [2.45, 2.75) is 239 Å². The van der Waals surface area contributed by atoms with Crippen LogP contribution < -0.4 is 0 Å². The summed E-state index contributed by atoms with van der Waals surface area (Å²) < 4.78 is 16.8. The molecule has 0 aromatic carbocycles. The number of esters is 3. The van der Waals surface area contributed by atoms with Gasteiger partial charge in [0.15, 0.2) is 6.10 Å². The predicted octanol–water partition coefficient (Wildman–Crippen LogP) is 19.0. The van der Waals surface area contributed by atoms with Gasteiger partial charge in [-0.05, 0) is 128 Å². The third-order valence-electron chi connectivity index (χ3n) is 11.4. The number of ether oxygens (including phenoxy) is 3. The molecule has 0 bridgehead atoms. The average molecular weight is 968 g/mol. The lowest BCUT2D eigenvalue weighted by atomic mass is 10.1. The summed E-state index contributed by atoms with van der Waals surface area (Å²) in [6.45, 7) is 6.37. The second-order valence-corrected chi connectivity index (χ2v) is 18.1. The van der Waals surface area contributed by atoms with Gasteiger partial charge in [0.05, 0.1) is 0 Å². The van der Waals surface area contributed by atoms with Gasteiger partial charge in [0.2, 0.25) is 0 Å². The molecule has 0 aliphatic rings. The Kier molecular flexibility index (Phi) is 53.5. The highest BCUT2D eigenvalue weighted by Crippen LogP contribution is 2.12. The van der Waals surface area contributed by atoms with Crippen LogP contribution in [0.15, 0.2) is 134 Å². The first-order chi connectivity index (χ1) is 34.5. The van der Waals surface area contributed by atoms with E-state index in [1.165, 1.54) is 44.9 Å². The molecule has 0 saturated heterocycles. The smallest absolute Gasteiger partial charge is 0.306 e. The van der Waals surface area contributed by atoms with E-state index in [9.17, 15) is 14.4 Å². The Morgan fingerprint density at radius 2 is 0.586 bits per heavy atom. The van der Waals surface area contributed by atoms with E-state index < -0.39 is 6.10 Å². The standard InChI is InChI=1S/C64H102O6/c1-4-7-10-13-16-19-22-25-28-29-30-31-32-33-34-35-37-39-42-45-48-51-54-57-63(66)69-60-61(59-68-62(65)56-53-50-47-44-41-38-27-24-21-18-15-12-9-6-3)70-64(67)58-55-52-49-46-43-40-36-26-23-20-17-14-11-8-5-2/h7,10,15-20,24-28,30-31,33-34,36-37,39,45,48,61H,4-6,8-9,11-14,21-23,29,32,35,38,40-44,46-47,49-60H2,1-3H3/b10-7-,18-15-,19-16-,20-17-,27-24-,28-25-,31-30-,34-33-,36-26-,39-37-,48-45-. The molecule has 0 aliphatic carbocycles. The van der Waals surface area contributed by atoms with E-state index in [1.807, 2.05) is 0 Å². The van der Waals surface area contributed by atoms with Crippen LogP contribution in [0.2, 0.25) is 0 Å². The monoisotopic (exact) mass is 967 g/mol. The SMILES string of the molecule is CC/C=C\C/C=C\C/C=C\C/C=C\C/C=C\C/C=C\C/C=C\CCCC(=O)OCC(COC(=O)CCCCCCC/C=C\C/C=C\CCCC)OC(=O)CCCCCCC/C=C\C/C=C\CCCCC. The van der Waals surface area contributed by atoms with Gasteiger partial charge in [-0.1, -0.05) is 219 Å². The van der Waals surface area contributed by atoms with Crippen LogP contribution in [-0.2, 0) is 28.6 Å². The van der Waals surface area contributed by atoms with Crippen molar-refractivity contribution in [1.29, 1.82) is 0 Å². The van der Waals surface area contributed by atoms with Crippen molar-refractivity contribution < 1.29 is 28.6 Å². The van der Waals surface area contributed by atoms with Crippen molar-refractivity contribution in [3.8, 4) is 0 Å². The average Bonchev–Trinajstić information content (AvgIpc) is 3.36. The fraction of sp³-hybridized carbons (Fsp3) is 0.609. The number of rotatable bonds is 49. The molecule has 0 aliphatic heterocycles. The Hall–Kier alpha value is -4.45. The summed E-state index contributed by atoms with van der Waals surface area (Å²) in [4.78, 5) is 38.1. The third kappa shape index (κ3) is 54.5. The van der Waals surface area contributed by atoms with Crippen molar-refractivity contribution in [3.05, 3.63) is 134 Å². The Morgan fingerprint density at radius 1 is 0.300 bits per heavy atom. The molecule has 0 heterocycles. The van der Waals surface area contributed by atoms with Crippen LogP contribution in [0.5, 0.6) is 0 Å². The molecule has 0 spiro atoms. The molecular weight excluding hydrogens is 865 g/mol. The van der Waals surface area contributed by atoms with Crippen molar-refractivity contribution in [3.63, 3.8) is 0 Å². The van der Waals surface area contributed by atoms with Crippen LogP contribution >= 0.6 is 0 Å². The Morgan fingerprint density at radius 3 is 0.971 bits per heavy atom. The lowest BCUT2D eigenvalue weighted by Gasteiger charge is -2.18. The van der Waals surface area contributed by atoms with Crippen molar-refractivity contribution in [1.82, 2.24) is 0 Å². The summed E-state index contributed by atoms with van der Waals surface area (Å²) in [6, 6.07) is 0. The van der Waals surface area contributed by atoms with E-state index in [0.717, 1.165) is 141 Å². The summed E-state index contributed by atoms with van der Waals surface area (Å²) in [5.41, 5.74) is 0. The summed E-state index contributed by atoms with van der Waals surface area (Å²) >= 11 is 0. The van der Waals surface area contributed by atoms with Crippen LogP contribution in [0.3, 0.4) is 0 Å². The number of carbonyl (C=O) groups is 3. The van der Waals surface area contributed by atoms with Gasteiger partial charge in [-0.2, -0.15) is 0 Å². The molecule has 1 unspecified atom stereocenters. The van der Waals surface area contributed by atoms with Gasteiger partial charge >= 0.3 is 17.9 Å². The first kappa shape index (κ1) is 65.5. The van der Waals surface area contributed by atoms with Gasteiger partial charge in [-0.3, -0.25) is 14.4 Å². The van der Waals surface area contributed by atoms with E-state index in [-0.39, 0.29) is 37.5 Å². The fourth-order valence-corrected chi connectivity index (χ4v) is 7.12. The predicted molar refractivity (Wildman–Crippen MR) is 302 cm³/mol. The van der Waals surface area contributed by atoms with Crippen LogP contribution in [0.4, 0.5) is 0 Å². The molecule has 0 rings (SSSR count). The second kappa shape index (κ2) is 57.1. The molecule has 0 saturated carbocycles. The molecule has 1 atom stereocenters. The Labute approximate surface area is 430 Å².